The summed E-state index contributed by atoms with van der Waals surface area (Å²) in [6.07, 6.45) is 2.49. The first-order valence-corrected chi connectivity index (χ1v) is 5.11. The van der Waals surface area contributed by atoms with Crippen LogP contribution in [-0.2, 0) is 0 Å². The summed E-state index contributed by atoms with van der Waals surface area (Å²) in [6, 6.07) is 0. The van der Waals surface area contributed by atoms with E-state index in [4.69, 9.17) is 0 Å². The molecule has 76 valence electrons. The molecule has 1 aliphatic carbocycles. The van der Waals surface area contributed by atoms with Gasteiger partial charge in [-0.05, 0) is 26.2 Å². The van der Waals surface area contributed by atoms with E-state index in [2.05, 4.69) is 16.9 Å². The average molecular weight is 192 g/mol. The van der Waals surface area contributed by atoms with Gasteiger partial charge in [0.25, 0.3) is 0 Å². The highest BCUT2D eigenvalue weighted by Crippen LogP contribution is 2.45. The first-order valence-electron chi connectivity index (χ1n) is 5.11. The molecule has 1 aromatic rings. The van der Waals surface area contributed by atoms with Crippen molar-refractivity contribution in [2.45, 2.75) is 39.2 Å². The van der Waals surface area contributed by atoms with Crippen LogP contribution in [0.5, 0.6) is 0 Å². The van der Waals surface area contributed by atoms with Gasteiger partial charge in [-0.3, -0.25) is 0 Å². The highest BCUT2D eigenvalue weighted by atomic mass is 16.3. The second-order valence-electron chi connectivity index (χ2n) is 4.26. The Bertz CT molecular complexity index is 349. The molecule has 0 aromatic carbocycles. The van der Waals surface area contributed by atoms with E-state index in [1.807, 2.05) is 6.92 Å². The Hall–Kier alpha value is -0.960. The molecule has 2 unspecified atom stereocenters. The zero-order chi connectivity index (χ0) is 10.3. The molecule has 0 saturated heterocycles. The topological polar surface area (TPSA) is 46.0 Å². The summed E-state index contributed by atoms with van der Waals surface area (Å²) >= 11 is 0. The molecule has 0 bridgehead atoms. The lowest BCUT2D eigenvalue weighted by Gasteiger charge is -2.08. The van der Waals surface area contributed by atoms with Crippen LogP contribution in [-0.4, -0.2) is 15.1 Å². The van der Waals surface area contributed by atoms with Gasteiger partial charge in [0.05, 0.1) is 6.10 Å². The number of hydrogen-bond donors (Lipinski definition) is 1. The van der Waals surface area contributed by atoms with Gasteiger partial charge in [0.15, 0.2) is 0 Å². The average Bonchev–Trinajstić information content (AvgIpc) is 2.81. The fraction of sp³-hybridized carbons (Fsp3) is 0.636. The minimum absolute atomic E-state index is 0.472. The molecule has 0 spiro atoms. The fourth-order valence-corrected chi connectivity index (χ4v) is 1.77. The molecule has 1 saturated carbocycles. The van der Waals surface area contributed by atoms with E-state index in [1.54, 1.807) is 13.1 Å². The summed E-state index contributed by atoms with van der Waals surface area (Å²) in [5.74, 6) is 2.22. The summed E-state index contributed by atoms with van der Waals surface area (Å²) in [4.78, 5) is 8.74. The molecule has 0 amide bonds. The lowest BCUT2D eigenvalue weighted by atomic mass is 10.1. The largest absolute Gasteiger partial charge is 0.389 e. The summed E-state index contributed by atoms with van der Waals surface area (Å²) in [6.45, 7) is 5.89. The maximum atomic E-state index is 9.42. The van der Waals surface area contributed by atoms with Crippen molar-refractivity contribution in [2.75, 3.05) is 0 Å². The van der Waals surface area contributed by atoms with E-state index in [0.29, 0.717) is 5.92 Å². The Kier molecular flexibility index (Phi) is 2.27. The van der Waals surface area contributed by atoms with E-state index in [0.717, 1.165) is 23.0 Å². The van der Waals surface area contributed by atoms with Gasteiger partial charge >= 0.3 is 0 Å². The second kappa shape index (κ2) is 3.31. The van der Waals surface area contributed by atoms with Crippen LogP contribution in [0.25, 0.3) is 0 Å². The molecule has 3 nitrogen and oxygen atoms in total. The fourth-order valence-electron chi connectivity index (χ4n) is 1.77. The Morgan fingerprint density at radius 3 is 2.64 bits per heavy atom. The molecular formula is C11H16N2O. The van der Waals surface area contributed by atoms with Crippen molar-refractivity contribution in [2.24, 2.45) is 5.92 Å². The molecule has 2 rings (SSSR count). The van der Waals surface area contributed by atoms with Crippen molar-refractivity contribution in [1.82, 2.24) is 9.97 Å². The first kappa shape index (κ1) is 9.59. The number of aliphatic hydroxyl groups is 1. The van der Waals surface area contributed by atoms with E-state index < -0.39 is 6.10 Å². The molecule has 1 aliphatic rings. The van der Waals surface area contributed by atoms with Crippen LogP contribution in [0.4, 0.5) is 0 Å². The van der Waals surface area contributed by atoms with Gasteiger partial charge in [-0.15, -0.1) is 0 Å². The molecule has 3 atom stereocenters. The van der Waals surface area contributed by atoms with Crippen LogP contribution >= 0.6 is 0 Å². The van der Waals surface area contributed by atoms with Gasteiger partial charge < -0.3 is 5.11 Å². The normalized spacial score (nSPS) is 27.4. The second-order valence-corrected chi connectivity index (χ2v) is 4.26. The summed E-state index contributed by atoms with van der Waals surface area (Å²) < 4.78 is 0. The van der Waals surface area contributed by atoms with E-state index in [9.17, 15) is 5.11 Å². The quantitative estimate of drug-likeness (QED) is 0.779. The van der Waals surface area contributed by atoms with Gasteiger partial charge in [-0.25, -0.2) is 9.97 Å². The number of aryl methyl sites for hydroxylation is 1. The number of rotatable bonds is 2. The van der Waals surface area contributed by atoms with E-state index in [-0.39, 0.29) is 0 Å². The van der Waals surface area contributed by atoms with Crippen molar-refractivity contribution in [3.05, 3.63) is 23.3 Å². The monoisotopic (exact) mass is 192 g/mol. The summed E-state index contributed by atoms with van der Waals surface area (Å²) in [5.41, 5.74) is 1.74. The molecule has 14 heavy (non-hydrogen) atoms. The maximum Gasteiger partial charge on any atom is 0.131 e. The number of nitrogens with zero attached hydrogens (tertiary/aromatic N) is 2. The third-order valence-electron chi connectivity index (χ3n) is 2.93. The van der Waals surface area contributed by atoms with Gasteiger partial charge in [-0.1, -0.05) is 6.92 Å². The molecule has 0 radical (unpaired) electrons. The SMILES string of the molecule is Cc1nc(C2CC2C)ncc1[C@@H](C)O. The van der Waals surface area contributed by atoms with Crippen LogP contribution in [0.3, 0.4) is 0 Å². The third-order valence-corrected chi connectivity index (χ3v) is 2.93. The maximum absolute atomic E-state index is 9.42. The van der Waals surface area contributed by atoms with Crippen molar-refractivity contribution < 1.29 is 5.11 Å². The third kappa shape index (κ3) is 1.64. The molecule has 3 heteroatoms. The Morgan fingerprint density at radius 1 is 1.57 bits per heavy atom. The van der Waals surface area contributed by atoms with Gasteiger partial charge in [0.2, 0.25) is 0 Å². The molecule has 1 fully saturated rings. The van der Waals surface area contributed by atoms with Crippen LogP contribution in [0.1, 0.15) is 49.4 Å². The summed E-state index contributed by atoms with van der Waals surface area (Å²) in [5, 5.41) is 9.42. The van der Waals surface area contributed by atoms with Crippen molar-refractivity contribution >= 4 is 0 Å². The Morgan fingerprint density at radius 2 is 2.21 bits per heavy atom. The number of hydrogen-bond acceptors (Lipinski definition) is 3. The highest BCUT2D eigenvalue weighted by molar-refractivity contribution is 5.21. The van der Waals surface area contributed by atoms with E-state index in [1.165, 1.54) is 6.42 Å². The molecule has 0 aliphatic heterocycles. The van der Waals surface area contributed by atoms with Crippen LogP contribution in [0.15, 0.2) is 6.20 Å². The minimum Gasteiger partial charge on any atom is -0.389 e. The lowest BCUT2D eigenvalue weighted by molar-refractivity contribution is 0.197. The molecular weight excluding hydrogens is 176 g/mol. The predicted octanol–water partition coefficient (Wildman–Crippen LogP) is 1.96. The van der Waals surface area contributed by atoms with Crippen LogP contribution in [0.2, 0.25) is 0 Å². The predicted molar refractivity (Wildman–Crippen MR) is 53.9 cm³/mol. The molecule has 1 aromatic heterocycles. The van der Waals surface area contributed by atoms with Gasteiger partial charge in [0, 0.05) is 23.4 Å². The summed E-state index contributed by atoms with van der Waals surface area (Å²) in [7, 11) is 0. The van der Waals surface area contributed by atoms with E-state index >= 15 is 0 Å². The smallest absolute Gasteiger partial charge is 0.131 e. The van der Waals surface area contributed by atoms with Crippen LogP contribution < -0.4 is 0 Å². The molecule has 1 N–H and O–H groups in total. The van der Waals surface area contributed by atoms with Gasteiger partial charge in [-0.2, -0.15) is 0 Å². The molecule has 1 heterocycles. The highest BCUT2D eigenvalue weighted by Gasteiger charge is 2.36. The first-order chi connectivity index (χ1) is 6.59. The Balaban J connectivity index is 2.27. The number of aliphatic hydroxyl groups excluding tert-OH is 1. The minimum atomic E-state index is -0.472. The lowest BCUT2D eigenvalue weighted by Crippen LogP contribution is -2.03. The van der Waals surface area contributed by atoms with Gasteiger partial charge in [0.1, 0.15) is 5.82 Å². The van der Waals surface area contributed by atoms with Crippen LogP contribution in [0, 0.1) is 12.8 Å². The van der Waals surface area contributed by atoms with Crippen molar-refractivity contribution in [3.8, 4) is 0 Å². The standard InChI is InChI=1S/C11H16N2O/c1-6-4-9(6)11-12-5-10(8(3)14)7(2)13-11/h5-6,8-9,14H,4H2,1-3H3/t6?,8-,9?/m1/s1. The van der Waals surface area contributed by atoms with Crippen molar-refractivity contribution in [3.63, 3.8) is 0 Å². The number of aromatic nitrogens is 2. The zero-order valence-corrected chi connectivity index (χ0v) is 8.86. The Labute approximate surface area is 84.2 Å². The zero-order valence-electron chi connectivity index (χ0n) is 8.86. The van der Waals surface area contributed by atoms with Crippen molar-refractivity contribution in [1.29, 1.82) is 0 Å².